The second kappa shape index (κ2) is 9.25. The van der Waals surface area contributed by atoms with E-state index in [0.29, 0.717) is 13.2 Å². The molecule has 2 aliphatic heterocycles. The Balaban J connectivity index is 1.81. The van der Waals surface area contributed by atoms with E-state index in [-0.39, 0.29) is 30.4 Å². The Morgan fingerprint density at radius 1 is 1.27 bits per heavy atom. The molecule has 30 heavy (non-hydrogen) atoms. The van der Waals surface area contributed by atoms with E-state index in [1.54, 1.807) is 0 Å². The molecule has 1 aromatic rings. The van der Waals surface area contributed by atoms with Crippen molar-refractivity contribution in [1.82, 2.24) is 10.2 Å². The van der Waals surface area contributed by atoms with Gasteiger partial charge in [-0.3, -0.25) is 10.2 Å². The van der Waals surface area contributed by atoms with Gasteiger partial charge in [-0.2, -0.15) is 0 Å². The van der Waals surface area contributed by atoms with Crippen LogP contribution in [0.15, 0.2) is 30.3 Å². The predicted octanol–water partition coefficient (Wildman–Crippen LogP) is 4.13. The van der Waals surface area contributed by atoms with Crippen molar-refractivity contribution in [2.75, 3.05) is 13.2 Å². The molecule has 2 saturated heterocycles. The van der Waals surface area contributed by atoms with Crippen LogP contribution in [-0.4, -0.2) is 59.8 Å². The van der Waals surface area contributed by atoms with Gasteiger partial charge >= 0.3 is 6.09 Å². The minimum absolute atomic E-state index is 0.00663. The van der Waals surface area contributed by atoms with Gasteiger partial charge in [-0.15, -0.1) is 0 Å². The number of nitrogens with zero attached hydrogens (tertiary/aromatic N) is 1. The maximum atomic E-state index is 13.0. The molecule has 1 amide bonds. The van der Waals surface area contributed by atoms with E-state index in [9.17, 15) is 4.79 Å². The van der Waals surface area contributed by atoms with Gasteiger partial charge < -0.3 is 14.2 Å². The van der Waals surface area contributed by atoms with E-state index in [1.165, 1.54) is 5.56 Å². The van der Waals surface area contributed by atoms with Crippen LogP contribution >= 0.6 is 0 Å². The zero-order chi connectivity index (χ0) is 21.9. The summed E-state index contributed by atoms with van der Waals surface area (Å²) in [5, 5.41) is 3.63. The summed E-state index contributed by atoms with van der Waals surface area (Å²) >= 11 is 0. The fraction of sp³-hybridized carbons (Fsp3) is 0.708. The van der Waals surface area contributed by atoms with Crippen molar-refractivity contribution in [3.05, 3.63) is 35.9 Å². The molecular weight excluding hydrogens is 380 g/mol. The van der Waals surface area contributed by atoms with E-state index < -0.39 is 11.3 Å². The predicted molar refractivity (Wildman–Crippen MR) is 117 cm³/mol. The lowest BCUT2D eigenvalue weighted by Gasteiger charge is -2.33. The van der Waals surface area contributed by atoms with E-state index in [4.69, 9.17) is 14.2 Å². The standard InChI is InChI=1S/C24H38N2O4/c1-7-13-28-18-15-20(26(16-18)22(27)30-23(2,3)4)21-19(25-24(5,6)29-21)14-17-11-9-8-10-12-17/h8-12,18-21,25H,7,13-16H2,1-6H3/t18-,19+,20-,21+/m1/s1. The lowest BCUT2D eigenvalue weighted by molar-refractivity contribution is -0.0584. The van der Waals surface area contributed by atoms with Crippen molar-refractivity contribution in [2.24, 2.45) is 0 Å². The van der Waals surface area contributed by atoms with Crippen molar-refractivity contribution in [1.29, 1.82) is 0 Å². The Morgan fingerprint density at radius 2 is 1.97 bits per heavy atom. The molecule has 0 spiro atoms. The lowest BCUT2D eigenvalue weighted by atomic mass is 9.95. The first-order valence-corrected chi connectivity index (χ1v) is 11.2. The molecule has 0 aliphatic carbocycles. The Bertz CT molecular complexity index is 701. The molecule has 168 valence electrons. The van der Waals surface area contributed by atoms with Gasteiger partial charge in [-0.25, -0.2) is 4.79 Å². The first kappa shape index (κ1) is 23.0. The maximum Gasteiger partial charge on any atom is 0.410 e. The summed E-state index contributed by atoms with van der Waals surface area (Å²) in [4.78, 5) is 14.9. The summed E-state index contributed by atoms with van der Waals surface area (Å²) < 4.78 is 18.2. The highest BCUT2D eigenvalue weighted by Crippen LogP contribution is 2.34. The molecule has 1 N–H and O–H groups in total. The van der Waals surface area contributed by atoms with Gasteiger partial charge in [-0.1, -0.05) is 37.3 Å². The zero-order valence-electron chi connectivity index (χ0n) is 19.3. The minimum Gasteiger partial charge on any atom is -0.444 e. The smallest absolute Gasteiger partial charge is 0.410 e. The van der Waals surface area contributed by atoms with Gasteiger partial charge in [-0.05, 0) is 59.4 Å². The van der Waals surface area contributed by atoms with E-state index in [1.807, 2.05) is 45.6 Å². The minimum atomic E-state index is -0.540. The molecule has 2 aliphatic rings. The number of hydrogen-bond acceptors (Lipinski definition) is 5. The van der Waals surface area contributed by atoms with Gasteiger partial charge in [0.25, 0.3) is 0 Å². The summed E-state index contributed by atoms with van der Waals surface area (Å²) in [6, 6.07) is 10.4. The first-order valence-electron chi connectivity index (χ1n) is 11.2. The van der Waals surface area contributed by atoms with Crippen molar-refractivity contribution in [3.8, 4) is 0 Å². The topological polar surface area (TPSA) is 60.0 Å². The van der Waals surface area contributed by atoms with E-state index in [0.717, 1.165) is 19.3 Å². The van der Waals surface area contributed by atoms with Gasteiger partial charge in [0, 0.05) is 12.6 Å². The number of hydrogen-bond donors (Lipinski definition) is 1. The number of benzene rings is 1. The summed E-state index contributed by atoms with van der Waals surface area (Å²) in [5.74, 6) is 0. The summed E-state index contributed by atoms with van der Waals surface area (Å²) in [7, 11) is 0. The van der Waals surface area contributed by atoms with Crippen LogP contribution in [0.1, 0.15) is 59.9 Å². The molecule has 3 rings (SSSR count). The van der Waals surface area contributed by atoms with Crippen LogP contribution in [0.2, 0.25) is 0 Å². The molecule has 6 nitrogen and oxygen atoms in total. The molecule has 6 heteroatoms. The van der Waals surface area contributed by atoms with Crippen LogP contribution in [0.3, 0.4) is 0 Å². The quantitative estimate of drug-likeness (QED) is 0.753. The molecule has 1 aromatic carbocycles. The van der Waals surface area contributed by atoms with Crippen LogP contribution < -0.4 is 5.32 Å². The number of amides is 1. The summed E-state index contributed by atoms with van der Waals surface area (Å²) in [6.07, 6.45) is 2.14. The van der Waals surface area contributed by atoms with Gasteiger partial charge in [0.1, 0.15) is 11.3 Å². The van der Waals surface area contributed by atoms with Crippen LogP contribution in [0.5, 0.6) is 0 Å². The molecule has 0 radical (unpaired) electrons. The third kappa shape index (κ3) is 5.96. The SMILES string of the molecule is CCCO[C@@H]1C[C@H]([C@H]2OC(C)(C)N[C@H]2Cc2ccccc2)N(C(=O)OC(C)(C)C)C1. The van der Waals surface area contributed by atoms with Gasteiger partial charge in [0.15, 0.2) is 0 Å². The molecular formula is C24H38N2O4. The molecule has 0 aromatic heterocycles. The Labute approximate surface area is 181 Å². The Morgan fingerprint density at radius 3 is 2.60 bits per heavy atom. The van der Waals surface area contributed by atoms with Gasteiger partial charge in [0.2, 0.25) is 0 Å². The monoisotopic (exact) mass is 418 g/mol. The summed E-state index contributed by atoms with van der Waals surface area (Å²) in [5.41, 5.74) is 0.259. The largest absolute Gasteiger partial charge is 0.444 e. The van der Waals surface area contributed by atoms with Crippen LogP contribution in [0.25, 0.3) is 0 Å². The average Bonchev–Trinajstić information content (AvgIpc) is 3.20. The number of carbonyl (C=O) groups excluding carboxylic acids is 1. The molecule has 0 saturated carbocycles. The van der Waals surface area contributed by atoms with Crippen LogP contribution in [0.4, 0.5) is 4.79 Å². The molecule has 2 fully saturated rings. The number of ether oxygens (including phenoxy) is 3. The Hall–Kier alpha value is -1.63. The van der Waals surface area contributed by atoms with Crippen molar-refractivity contribution in [3.63, 3.8) is 0 Å². The second-order valence-corrected chi connectivity index (χ2v) is 9.96. The maximum absolute atomic E-state index is 13.0. The lowest BCUT2D eigenvalue weighted by Crippen LogP contribution is -2.50. The number of carbonyl (C=O) groups is 1. The molecule has 0 unspecified atom stereocenters. The fourth-order valence-electron chi connectivity index (χ4n) is 4.44. The fourth-order valence-corrected chi connectivity index (χ4v) is 4.44. The first-order chi connectivity index (χ1) is 14.1. The number of rotatable bonds is 6. The molecule has 2 heterocycles. The summed E-state index contributed by atoms with van der Waals surface area (Å²) in [6.45, 7) is 13.1. The Kier molecular flexibility index (Phi) is 7.10. The number of likely N-dealkylation sites (tertiary alicyclic amines) is 1. The van der Waals surface area contributed by atoms with E-state index in [2.05, 4.69) is 36.5 Å². The van der Waals surface area contributed by atoms with Crippen molar-refractivity contribution >= 4 is 6.09 Å². The van der Waals surface area contributed by atoms with E-state index >= 15 is 0 Å². The van der Waals surface area contributed by atoms with Crippen LogP contribution in [-0.2, 0) is 20.6 Å². The van der Waals surface area contributed by atoms with Gasteiger partial charge in [0.05, 0.1) is 24.8 Å². The number of nitrogens with one attached hydrogen (secondary N) is 1. The molecule has 0 bridgehead atoms. The third-order valence-corrected chi connectivity index (χ3v) is 5.53. The molecule has 4 atom stereocenters. The average molecular weight is 419 g/mol. The highest BCUT2D eigenvalue weighted by molar-refractivity contribution is 5.69. The second-order valence-electron chi connectivity index (χ2n) is 9.96. The highest BCUT2D eigenvalue weighted by atomic mass is 16.6. The highest BCUT2D eigenvalue weighted by Gasteiger charge is 2.50. The van der Waals surface area contributed by atoms with Crippen LogP contribution in [0, 0.1) is 0 Å². The van der Waals surface area contributed by atoms with Crippen molar-refractivity contribution < 1.29 is 19.0 Å². The third-order valence-electron chi connectivity index (χ3n) is 5.53. The normalized spacial score (nSPS) is 28.7. The van der Waals surface area contributed by atoms with Crippen molar-refractivity contribution in [2.45, 2.75) is 96.4 Å². The zero-order valence-corrected chi connectivity index (χ0v) is 19.3.